The second-order valence-electron chi connectivity index (χ2n) is 11.8. The van der Waals surface area contributed by atoms with Gasteiger partial charge in [0.15, 0.2) is 6.61 Å². The zero-order valence-electron chi connectivity index (χ0n) is 26.4. The zero-order valence-corrected chi connectivity index (χ0v) is 26.4. The fourth-order valence-corrected chi connectivity index (χ4v) is 5.95. The number of rotatable bonds is 4. The molecule has 10 nitrogen and oxygen atoms in total. The minimum atomic E-state index is -0.625. The number of phenols is 1. The smallest absolute Gasteiger partial charge is 0.258 e. The molecule has 1 saturated heterocycles. The molecule has 0 unspecified atom stereocenters. The van der Waals surface area contributed by atoms with Crippen molar-refractivity contribution in [1.29, 1.82) is 0 Å². The standard InChI is InChI=1S/C37H36FN3O7/c1-46-33-11-8-26-18-31(33)25-3-2-4-29(17-25)47-22-35(43)39-20-24-15-27(38)19-30(16-24)48-34-13-14-41(21-32(34)40-37(26)45)36(44)12-7-23-5-9-28(42)10-6-23/h2-6,8-11,15-19,32,34,42H,7,12-14,20-22H2,1H3,(H,39,43)(H,40,45)/t32-,34-/m1/s1. The molecule has 0 spiro atoms. The van der Waals surface area contributed by atoms with Crippen LogP contribution < -0.4 is 24.8 Å². The van der Waals surface area contributed by atoms with Crippen LogP contribution in [-0.2, 0) is 22.6 Å². The third kappa shape index (κ3) is 7.86. The van der Waals surface area contributed by atoms with Gasteiger partial charge in [0.25, 0.3) is 11.8 Å². The van der Waals surface area contributed by atoms with Crippen molar-refractivity contribution in [3.05, 3.63) is 107 Å². The van der Waals surface area contributed by atoms with Gasteiger partial charge in [-0.15, -0.1) is 0 Å². The van der Waals surface area contributed by atoms with Crippen molar-refractivity contribution in [2.24, 2.45) is 0 Å². The van der Waals surface area contributed by atoms with E-state index in [9.17, 15) is 23.9 Å². The number of hydrogen-bond acceptors (Lipinski definition) is 7. The van der Waals surface area contributed by atoms with Crippen molar-refractivity contribution in [2.75, 3.05) is 26.8 Å². The maximum Gasteiger partial charge on any atom is 0.258 e. The van der Waals surface area contributed by atoms with Crippen molar-refractivity contribution in [3.63, 3.8) is 0 Å². The van der Waals surface area contributed by atoms with E-state index in [4.69, 9.17) is 14.2 Å². The molecule has 1 fully saturated rings. The van der Waals surface area contributed by atoms with Crippen LogP contribution in [0.2, 0.25) is 0 Å². The summed E-state index contributed by atoms with van der Waals surface area (Å²) in [7, 11) is 1.54. The number of phenolic OH excluding ortho intramolecular Hbond substituents is 1. The molecular formula is C37H36FN3O7. The number of aryl methyl sites for hydroxylation is 1. The summed E-state index contributed by atoms with van der Waals surface area (Å²) in [6.07, 6.45) is 0.553. The molecule has 4 aromatic rings. The molecule has 2 atom stereocenters. The van der Waals surface area contributed by atoms with Crippen LogP contribution in [0.5, 0.6) is 23.0 Å². The van der Waals surface area contributed by atoms with E-state index in [1.165, 1.54) is 12.1 Å². The van der Waals surface area contributed by atoms with Crippen LogP contribution in [0.4, 0.5) is 4.39 Å². The predicted molar refractivity (Wildman–Crippen MR) is 175 cm³/mol. The van der Waals surface area contributed by atoms with Gasteiger partial charge >= 0.3 is 0 Å². The average molecular weight is 654 g/mol. The highest BCUT2D eigenvalue weighted by Crippen LogP contribution is 2.33. The number of carbonyl (C=O) groups excluding carboxylic acids is 3. The molecule has 0 radical (unpaired) electrons. The summed E-state index contributed by atoms with van der Waals surface area (Å²) in [6.45, 7) is 0.362. The number of amides is 3. The number of halogens is 1. The number of piperidine rings is 1. The van der Waals surface area contributed by atoms with Crippen LogP contribution in [0.15, 0.2) is 84.9 Å². The van der Waals surface area contributed by atoms with Gasteiger partial charge in [-0.1, -0.05) is 24.3 Å². The Morgan fingerprint density at radius 2 is 1.83 bits per heavy atom. The number of likely N-dealkylation sites (tertiary alicyclic amines) is 1. The van der Waals surface area contributed by atoms with E-state index in [2.05, 4.69) is 10.6 Å². The summed E-state index contributed by atoms with van der Waals surface area (Å²) in [5, 5.41) is 15.4. The first-order valence-corrected chi connectivity index (χ1v) is 15.7. The van der Waals surface area contributed by atoms with Gasteiger partial charge in [0.2, 0.25) is 5.91 Å². The van der Waals surface area contributed by atoms with Crippen LogP contribution in [0.25, 0.3) is 11.1 Å². The molecule has 4 aromatic carbocycles. The Hall–Kier alpha value is -5.58. The molecule has 3 N–H and O–H groups in total. The van der Waals surface area contributed by atoms with Gasteiger partial charge in [0.05, 0.1) is 13.2 Å². The predicted octanol–water partition coefficient (Wildman–Crippen LogP) is 4.63. The van der Waals surface area contributed by atoms with E-state index in [1.54, 1.807) is 78.7 Å². The normalized spacial score (nSPS) is 18.0. The molecule has 2 aliphatic heterocycles. The molecule has 0 saturated carbocycles. The number of hydrogen-bond donors (Lipinski definition) is 3. The lowest BCUT2D eigenvalue weighted by Gasteiger charge is -2.39. The third-order valence-corrected chi connectivity index (χ3v) is 8.47. The molecule has 6 rings (SSSR count). The SMILES string of the molecule is COc1ccc2cc1-c1cccc(c1)OCC(=O)NCc1cc(F)cc(c1)O[C@@H]1CCN(C(=O)CCc3ccc(O)cc3)C[C@H]1NC2=O. The summed E-state index contributed by atoms with van der Waals surface area (Å²) in [6, 6.07) is 22.5. The Kier molecular flexibility index (Phi) is 9.75. The number of fused-ring (bicyclic) bond motifs is 8. The summed E-state index contributed by atoms with van der Waals surface area (Å²) in [5.74, 6) is 0.00130. The lowest BCUT2D eigenvalue weighted by Crippen LogP contribution is -2.58. The number of nitrogens with one attached hydrogen (secondary N) is 2. The van der Waals surface area contributed by atoms with Crippen LogP contribution in [0.3, 0.4) is 0 Å². The Morgan fingerprint density at radius 1 is 1.00 bits per heavy atom. The van der Waals surface area contributed by atoms with Crippen molar-refractivity contribution < 1.29 is 38.1 Å². The Labute approximate surface area is 277 Å². The topological polar surface area (TPSA) is 126 Å². The Bertz CT molecular complexity index is 1810. The highest BCUT2D eigenvalue weighted by atomic mass is 19.1. The summed E-state index contributed by atoms with van der Waals surface area (Å²) < 4.78 is 32.4. The lowest BCUT2D eigenvalue weighted by atomic mass is 9.98. The van der Waals surface area contributed by atoms with Gasteiger partial charge in [-0.05, 0) is 77.7 Å². The fourth-order valence-electron chi connectivity index (χ4n) is 5.95. The molecule has 2 aliphatic rings. The quantitative estimate of drug-likeness (QED) is 0.293. The molecule has 3 amide bonds. The largest absolute Gasteiger partial charge is 0.508 e. The summed E-state index contributed by atoms with van der Waals surface area (Å²) >= 11 is 0. The zero-order chi connectivity index (χ0) is 33.6. The molecule has 11 heteroatoms. The van der Waals surface area contributed by atoms with Gasteiger partial charge in [0, 0.05) is 49.7 Å². The van der Waals surface area contributed by atoms with E-state index in [0.717, 1.165) is 5.56 Å². The second-order valence-corrected chi connectivity index (χ2v) is 11.8. The van der Waals surface area contributed by atoms with E-state index in [-0.39, 0.29) is 55.3 Å². The van der Waals surface area contributed by atoms with Gasteiger partial charge < -0.3 is 34.9 Å². The van der Waals surface area contributed by atoms with Crippen LogP contribution in [0, 0.1) is 5.82 Å². The second kappa shape index (κ2) is 14.5. The van der Waals surface area contributed by atoms with E-state index < -0.39 is 18.0 Å². The van der Waals surface area contributed by atoms with Crippen molar-refractivity contribution in [3.8, 4) is 34.1 Å². The van der Waals surface area contributed by atoms with Gasteiger partial charge in [-0.3, -0.25) is 14.4 Å². The van der Waals surface area contributed by atoms with E-state index >= 15 is 0 Å². The van der Waals surface area contributed by atoms with Crippen LogP contribution in [0.1, 0.15) is 34.3 Å². The third-order valence-electron chi connectivity index (χ3n) is 8.47. The highest BCUT2D eigenvalue weighted by molar-refractivity contribution is 5.96. The molecule has 0 aliphatic carbocycles. The number of nitrogens with zero attached hydrogens (tertiary/aromatic N) is 1. The first-order valence-electron chi connectivity index (χ1n) is 15.7. The van der Waals surface area contributed by atoms with Gasteiger partial charge in [0.1, 0.15) is 34.9 Å². The molecular weight excluding hydrogens is 617 g/mol. The molecule has 248 valence electrons. The fraction of sp³-hybridized carbons (Fsp3) is 0.270. The van der Waals surface area contributed by atoms with E-state index in [0.29, 0.717) is 53.1 Å². The Balaban J connectivity index is 1.30. The molecule has 6 bridgehead atoms. The van der Waals surface area contributed by atoms with Crippen molar-refractivity contribution in [1.82, 2.24) is 15.5 Å². The number of carbonyl (C=O) groups is 3. The molecule has 0 aromatic heterocycles. The number of ether oxygens (including phenoxy) is 3. The maximum atomic E-state index is 14.7. The first kappa shape index (κ1) is 32.4. The Morgan fingerprint density at radius 3 is 2.65 bits per heavy atom. The van der Waals surface area contributed by atoms with Crippen LogP contribution in [-0.4, -0.2) is 66.7 Å². The molecule has 48 heavy (non-hydrogen) atoms. The lowest BCUT2D eigenvalue weighted by molar-refractivity contribution is -0.133. The number of benzene rings is 4. The van der Waals surface area contributed by atoms with Crippen molar-refractivity contribution >= 4 is 17.7 Å². The summed E-state index contributed by atoms with van der Waals surface area (Å²) in [5.41, 5.74) is 3.13. The number of methoxy groups -OCH3 is 1. The van der Waals surface area contributed by atoms with Crippen molar-refractivity contribution in [2.45, 2.75) is 38.0 Å². The minimum Gasteiger partial charge on any atom is -0.508 e. The minimum absolute atomic E-state index is 0.0491. The highest BCUT2D eigenvalue weighted by Gasteiger charge is 2.34. The summed E-state index contributed by atoms with van der Waals surface area (Å²) in [4.78, 5) is 41.5. The maximum absolute atomic E-state index is 14.7. The number of aromatic hydroxyl groups is 1. The molecule has 2 heterocycles. The van der Waals surface area contributed by atoms with Crippen LogP contribution >= 0.6 is 0 Å². The average Bonchev–Trinajstić information content (AvgIpc) is 3.09. The first-order chi connectivity index (χ1) is 23.2. The van der Waals surface area contributed by atoms with E-state index in [1.807, 2.05) is 6.07 Å². The van der Waals surface area contributed by atoms with Gasteiger partial charge in [-0.2, -0.15) is 0 Å². The monoisotopic (exact) mass is 653 g/mol. The van der Waals surface area contributed by atoms with Gasteiger partial charge in [-0.25, -0.2) is 4.39 Å².